The Balaban J connectivity index is 1.30. The van der Waals surface area contributed by atoms with E-state index < -0.39 is 0 Å². The van der Waals surface area contributed by atoms with Gasteiger partial charge < -0.3 is 20.3 Å². The molecule has 0 aromatic rings. The molecule has 0 aromatic carbocycles. The SMILES string of the molecule is CC1(OCC(=O)NCC2CCN(C3CC3)C2)CNC1. The van der Waals surface area contributed by atoms with Crippen molar-refractivity contribution >= 4 is 5.91 Å². The quantitative estimate of drug-likeness (QED) is 0.709. The third-order valence-corrected chi connectivity index (χ3v) is 4.52. The van der Waals surface area contributed by atoms with Crippen LogP contribution in [-0.4, -0.2) is 61.8 Å². The Labute approximate surface area is 115 Å². The van der Waals surface area contributed by atoms with Gasteiger partial charge in [0.05, 0.1) is 5.60 Å². The van der Waals surface area contributed by atoms with Crippen LogP contribution in [0.5, 0.6) is 0 Å². The highest BCUT2D eigenvalue weighted by Gasteiger charge is 2.35. The fourth-order valence-corrected chi connectivity index (χ4v) is 2.93. The van der Waals surface area contributed by atoms with Crippen molar-refractivity contribution in [3.63, 3.8) is 0 Å². The van der Waals surface area contributed by atoms with E-state index in [1.807, 2.05) is 6.92 Å². The molecule has 3 rings (SSSR count). The lowest BCUT2D eigenvalue weighted by Crippen LogP contribution is -2.59. The first-order valence-corrected chi connectivity index (χ1v) is 7.50. The Hall–Kier alpha value is -0.650. The molecular formula is C14H25N3O2. The Morgan fingerprint density at radius 1 is 1.42 bits per heavy atom. The second-order valence-corrected chi connectivity index (χ2v) is 6.53. The Kier molecular flexibility index (Phi) is 3.78. The van der Waals surface area contributed by atoms with Crippen LogP contribution < -0.4 is 10.6 Å². The summed E-state index contributed by atoms with van der Waals surface area (Å²) in [6.07, 6.45) is 3.97. The molecule has 1 unspecified atom stereocenters. The number of nitrogens with one attached hydrogen (secondary N) is 2. The van der Waals surface area contributed by atoms with Crippen molar-refractivity contribution in [1.82, 2.24) is 15.5 Å². The van der Waals surface area contributed by atoms with Crippen LogP contribution in [-0.2, 0) is 9.53 Å². The number of ether oxygens (including phenoxy) is 1. The molecule has 5 heteroatoms. The monoisotopic (exact) mass is 267 g/mol. The molecule has 2 N–H and O–H groups in total. The predicted octanol–water partition coefficient (Wildman–Crippen LogP) is -0.0346. The number of likely N-dealkylation sites (tertiary alicyclic amines) is 1. The van der Waals surface area contributed by atoms with E-state index >= 15 is 0 Å². The second-order valence-electron chi connectivity index (χ2n) is 6.53. The van der Waals surface area contributed by atoms with Crippen LogP contribution in [0, 0.1) is 5.92 Å². The molecule has 19 heavy (non-hydrogen) atoms. The molecule has 3 aliphatic rings. The zero-order chi connectivity index (χ0) is 13.3. The van der Waals surface area contributed by atoms with E-state index in [0.29, 0.717) is 5.92 Å². The van der Waals surface area contributed by atoms with E-state index in [1.165, 1.54) is 25.8 Å². The smallest absolute Gasteiger partial charge is 0.246 e. The molecule has 0 radical (unpaired) electrons. The summed E-state index contributed by atoms with van der Waals surface area (Å²) in [5.74, 6) is 0.656. The van der Waals surface area contributed by atoms with Crippen molar-refractivity contribution in [2.45, 2.75) is 37.8 Å². The van der Waals surface area contributed by atoms with Crippen molar-refractivity contribution in [3.05, 3.63) is 0 Å². The van der Waals surface area contributed by atoms with Crippen LogP contribution in [0.15, 0.2) is 0 Å². The maximum absolute atomic E-state index is 11.7. The number of nitrogens with zero attached hydrogens (tertiary/aromatic N) is 1. The van der Waals surface area contributed by atoms with Gasteiger partial charge in [0.15, 0.2) is 0 Å². The first-order valence-electron chi connectivity index (χ1n) is 7.50. The topological polar surface area (TPSA) is 53.6 Å². The number of hydrogen-bond acceptors (Lipinski definition) is 4. The molecule has 2 heterocycles. The average molecular weight is 267 g/mol. The van der Waals surface area contributed by atoms with Gasteiger partial charge in [0.25, 0.3) is 0 Å². The lowest BCUT2D eigenvalue weighted by molar-refractivity contribution is -0.136. The van der Waals surface area contributed by atoms with Crippen LogP contribution in [0.3, 0.4) is 0 Å². The van der Waals surface area contributed by atoms with Crippen LogP contribution in [0.1, 0.15) is 26.2 Å². The van der Waals surface area contributed by atoms with Crippen LogP contribution >= 0.6 is 0 Å². The largest absolute Gasteiger partial charge is 0.363 e. The van der Waals surface area contributed by atoms with Crippen molar-refractivity contribution in [1.29, 1.82) is 0 Å². The lowest BCUT2D eigenvalue weighted by atomic mass is 10.0. The zero-order valence-corrected chi connectivity index (χ0v) is 11.8. The minimum absolute atomic E-state index is 0.0259. The van der Waals surface area contributed by atoms with Crippen LogP contribution in [0.4, 0.5) is 0 Å². The summed E-state index contributed by atoms with van der Waals surface area (Å²) < 4.78 is 5.63. The Bertz CT molecular complexity index is 340. The van der Waals surface area contributed by atoms with Crippen molar-refractivity contribution in [2.75, 3.05) is 39.3 Å². The molecular weight excluding hydrogens is 242 g/mol. The van der Waals surface area contributed by atoms with Gasteiger partial charge in [-0.1, -0.05) is 0 Å². The van der Waals surface area contributed by atoms with Crippen molar-refractivity contribution < 1.29 is 9.53 Å². The van der Waals surface area contributed by atoms with Crippen LogP contribution in [0.2, 0.25) is 0 Å². The van der Waals surface area contributed by atoms with Gasteiger partial charge in [0.2, 0.25) is 5.91 Å². The fourth-order valence-electron chi connectivity index (χ4n) is 2.93. The van der Waals surface area contributed by atoms with Crippen molar-refractivity contribution in [3.8, 4) is 0 Å². The number of rotatable bonds is 6. The zero-order valence-electron chi connectivity index (χ0n) is 11.8. The van der Waals surface area contributed by atoms with Gasteiger partial charge in [-0.3, -0.25) is 4.79 Å². The maximum atomic E-state index is 11.7. The highest BCUT2D eigenvalue weighted by atomic mass is 16.5. The summed E-state index contributed by atoms with van der Waals surface area (Å²) >= 11 is 0. The van der Waals surface area contributed by atoms with Gasteiger partial charge in [-0.25, -0.2) is 0 Å². The molecule has 1 atom stereocenters. The molecule has 5 nitrogen and oxygen atoms in total. The highest BCUT2D eigenvalue weighted by molar-refractivity contribution is 5.77. The van der Waals surface area contributed by atoms with Gasteiger partial charge in [0.1, 0.15) is 6.61 Å². The molecule has 1 amide bonds. The second kappa shape index (κ2) is 5.38. The molecule has 2 saturated heterocycles. The summed E-state index contributed by atoms with van der Waals surface area (Å²) in [4.78, 5) is 14.3. The molecule has 108 valence electrons. The first kappa shape index (κ1) is 13.3. The number of carbonyl (C=O) groups is 1. The summed E-state index contributed by atoms with van der Waals surface area (Å²) in [6, 6.07) is 0.857. The minimum atomic E-state index is -0.131. The predicted molar refractivity (Wildman–Crippen MR) is 72.9 cm³/mol. The summed E-state index contributed by atoms with van der Waals surface area (Å²) in [7, 11) is 0. The molecule has 0 bridgehead atoms. The van der Waals surface area contributed by atoms with Gasteiger partial charge in [-0.2, -0.15) is 0 Å². The first-order chi connectivity index (χ1) is 9.15. The van der Waals surface area contributed by atoms with Gasteiger partial charge in [0, 0.05) is 32.2 Å². The van der Waals surface area contributed by atoms with Gasteiger partial charge in [-0.15, -0.1) is 0 Å². The fraction of sp³-hybridized carbons (Fsp3) is 0.929. The van der Waals surface area contributed by atoms with Gasteiger partial charge in [-0.05, 0) is 38.6 Å². The summed E-state index contributed by atoms with van der Waals surface area (Å²) in [6.45, 7) is 7.11. The molecule has 3 fully saturated rings. The normalized spacial score (nSPS) is 30.1. The molecule has 0 aromatic heterocycles. The molecule has 1 aliphatic carbocycles. The van der Waals surface area contributed by atoms with E-state index in [1.54, 1.807) is 0 Å². The third-order valence-electron chi connectivity index (χ3n) is 4.52. The maximum Gasteiger partial charge on any atom is 0.246 e. The average Bonchev–Trinajstić information content (AvgIpc) is 3.11. The standard InChI is InChI=1S/C14H25N3O2/c1-14(9-15-10-14)19-8-13(18)16-6-11-4-5-17(7-11)12-2-3-12/h11-12,15H,2-10H2,1H3,(H,16,18). The van der Waals surface area contributed by atoms with Crippen molar-refractivity contribution in [2.24, 2.45) is 5.92 Å². The van der Waals surface area contributed by atoms with E-state index in [-0.39, 0.29) is 18.1 Å². The van der Waals surface area contributed by atoms with Crippen LogP contribution in [0.25, 0.3) is 0 Å². The number of carbonyl (C=O) groups excluding carboxylic acids is 1. The summed E-state index contributed by atoms with van der Waals surface area (Å²) in [5, 5.41) is 6.18. The number of amides is 1. The minimum Gasteiger partial charge on any atom is -0.363 e. The highest BCUT2D eigenvalue weighted by Crippen LogP contribution is 2.31. The Morgan fingerprint density at radius 3 is 2.84 bits per heavy atom. The van der Waals surface area contributed by atoms with E-state index in [2.05, 4.69) is 15.5 Å². The number of hydrogen-bond donors (Lipinski definition) is 2. The van der Waals surface area contributed by atoms with E-state index in [0.717, 1.165) is 32.2 Å². The third kappa shape index (κ3) is 3.46. The summed E-state index contributed by atoms with van der Waals surface area (Å²) in [5.41, 5.74) is -0.131. The van der Waals surface area contributed by atoms with Gasteiger partial charge >= 0.3 is 0 Å². The molecule has 0 spiro atoms. The van der Waals surface area contributed by atoms with E-state index in [4.69, 9.17) is 4.74 Å². The van der Waals surface area contributed by atoms with E-state index in [9.17, 15) is 4.79 Å². The lowest BCUT2D eigenvalue weighted by Gasteiger charge is -2.38. The molecule has 1 saturated carbocycles. The molecule has 2 aliphatic heterocycles. The Morgan fingerprint density at radius 2 is 2.21 bits per heavy atom.